The Morgan fingerprint density at radius 1 is 1.43 bits per heavy atom. The van der Waals surface area contributed by atoms with E-state index < -0.39 is 0 Å². The molecule has 4 nitrogen and oxygen atoms in total. The number of hydrogen-bond acceptors (Lipinski definition) is 5. The number of anilines is 1. The van der Waals surface area contributed by atoms with E-state index in [0.717, 1.165) is 24.6 Å². The summed E-state index contributed by atoms with van der Waals surface area (Å²) in [5, 5.41) is 5.65. The molecule has 3 rings (SSSR count). The first-order valence-corrected chi connectivity index (χ1v) is 9.39. The van der Waals surface area contributed by atoms with Crippen molar-refractivity contribution in [2.45, 2.75) is 45.0 Å². The van der Waals surface area contributed by atoms with Gasteiger partial charge in [-0.05, 0) is 13.8 Å². The van der Waals surface area contributed by atoms with Gasteiger partial charge in [-0.25, -0.2) is 4.98 Å². The minimum absolute atomic E-state index is 0.304. The Kier molecular flexibility index (Phi) is 4.21. The molecule has 0 spiro atoms. The minimum Gasteiger partial charge on any atom is -0.353 e. The Hall–Kier alpha value is -0.720. The zero-order chi connectivity index (χ0) is 15.0. The van der Waals surface area contributed by atoms with Crippen LogP contribution in [0, 0.1) is 0 Å². The SMILES string of the molecule is CC(C)NCc1c(N2CCSC(C)(C)C2)nc2sccn12. The summed E-state index contributed by atoms with van der Waals surface area (Å²) >= 11 is 3.78. The van der Waals surface area contributed by atoms with E-state index >= 15 is 0 Å². The van der Waals surface area contributed by atoms with E-state index in [2.05, 4.69) is 65.7 Å². The van der Waals surface area contributed by atoms with Crippen molar-refractivity contribution in [1.82, 2.24) is 14.7 Å². The summed E-state index contributed by atoms with van der Waals surface area (Å²) in [5.74, 6) is 2.35. The second-order valence-electron chi connectivity index (χ2n) is 6.50. The molecule has 0 bridgehead atoms. The smallest absolute Gasteiger partial charge is 0.195 e. The number of hydrogen-bond donors (Lipinski definition) is 1. The van der Waals surface area contributed by atoms with Crippen molar-refractivity contribution in [3.05, 3.63) is 17.3 Å². The maximum absolute atomic E-state index is 4.90. The van der Waals surface area contributed by atoms with E-state index in [1.165, 1.54) is 17.3 Å². The molecule has 1 N–H and O–H groups in total. The van der Waals surface area contributed by atoms with E-state index in [4.69, 9.17) is 4.98 Å². The molecule has 2 aromatic rings. The molecule has 1 aliphatic rings. The van der Waals surface area contributed by atoms with Crippen LogP contribution in [0.15, 0.2) is 11.6 Å². The third kappa shape index (κ3) is 3.22. The summed E-state index contributed by atoms with van der Waals surface area (Å²) in [5.41, 5.74) is 1.29. The number of aromatic nitrogens is 2. The van der Waals surface area contributed by atoms with Gasteiger partial charge in [0, 0.05) is 47.8 Å². The minimum atomic E-state index is 0.304. The van der Waals surface area contributed by atoms with Gasteiger partial charge < -0.3 is 10.2 Å². The highest BCUT2D eigenvalue weighted by Gasteiger charge is 2.30. The summed E-state index contributed by atoms with van der Waals surface area (Å²) in [7, 11) is 0. The molecule has 2 aromatic heterocycles. The van der Waals surface area contributed by atoms with Crippen LogP contribution in [0.5, 0.6) is 0 Å². The largest absolute Gasteiger partial charge is 0.353 e. The van der Waals surface area contributed by atoms with Gasteiger partial charge in [0.1, 0.15) is 0 Å². The third-order valence-electron chi connectivity index (χ3n) is 3.74. The van der Waals surface area contributed by atoms with Gasteiger partial charge in [0.25, 0.3) is 0 Å². The standard InChI is InChI=1S/C15H24N4S2/c1-11(2)16-9-12-13(17-14-19(12)6-7-20-14)18-5-8-21-15(3,4)10-18/h6-7,11,16H,5,8-10H2,1-4H3. The van der Waals surface area contributed by atoms with Crippen LogP contribution < -0.4 is 10.2 Å². The Labute approximate surface area is 134 Å². The molecule has 0 amide bonds. The first-order valence-electron chi connectivity index (χ1n) is 7.53. The van der Waals surface area contributed by atoms with Crippen molar-refractivity contribution >= 4 is 33.9 Å². The molecular weight excluding hydrogens is 300 g/mol. The van der Waals surface area contributed by atoms with E-state index in [1.807, 2.05) is 0 Å². The molecule has 1 aliphatic heterocycles. The lowest BCUT2D eigenvalue weighted by molar-refractivity contribution is 0.575. The van der Waals surface area contributed by atoms with Gasteiger partial charge in [0.2, 0.25) is 0 Å². The van der Waals surface area contributed by atoms with Gasteiger partial charge in [-0.15, -0.1) is 11.3 Å². The van der Waals surface area contributed by atoms with Crippen LogP contribution in [0.25, 0.3) is 4.96 Å². The van der Waals surface area contributed by atoms with E-state index in [9.17, 15) is 0 Å². The van der Waals surface area contributed by atoms with Gasteiger partial charge in [-0.2, -0.15) is 11.8 Å². The second-order valence-corrected chi connectivity index (χ2v) is 9.18. The Bertz CT molecular complexity index is 614. The molecule has 1 saturated heterocycles. The fraction of sp³-hybridized carbons (Fsp3) is 0.667. The zero-order valence-electron chi connectivity index (χ0n) is 13.2. The lowest BCUT2D eigenvalue weighted by Gasteiger charge is -2.38. The molecule has 0 saturated carbocycles. The molecule has 0 aromatic carbocycles. The molecule has 0 unspecified atom stereocenters. The Balaban J connectivity index is 1.93. The average Bonchev–Trinajstić information content (AvgIpc) is 2.95. The maximum Gasteiger partial charge on any atom is 0.195 e. The quantitative estimate of drug-likeness (QED) is 0.936. The van der Waals surface area contributed by atoms with Crippen molar-refractivity contribution in [3.63, 3.8) is 0 Å². The van der Waals surface area contributed by atoms with E-state index in [1.54, 1.807) is 11.3 Å². The molecule has 1 fully saturated rings. The van der Waals surface area contributed by atoms with Crippen molar-refractivity contribution < 1.29 is 0 Å². The number of nitrogens with one attached hydrogen (secondary N) is 1. The first kappa shape index (κ1) is 15.2. The molecule has 116 valence electrons. The zero-order valence-corrected chi connectivity index (χ0v) is 14.9. The molecular formula is C15H24N4S2. The fourth-order valence-corrected chi connectivity index (χ4v) is 4.58. The van der Waals surface area contributed by atoms with Crippen LogP contribution in [-0.4, -0.2) is 39.0 Å². The van der Waals surface area contributed by atoms with Crippen LogP contribution in [0.2, 0.25) is 0 Å². The summed E-state index contributed by atoms with van der Waals surface area (Å²) < 4.78 is 2.54. The van der Waals surface area contributed by atoms with Gasteiger partial charge in [-0.3, -0.25) is 4.40 Å². The van der Waals surface area contributed by atoms with E-state index in [0.29, 0.717) is 10.8 Å². The highest BCUT2D eigenvalue weighted by atomic mass is 32.2. The summed E-state index contributed by atoms with van der Waals surface area (Å²) in [6.45, 7) is 12.1. The molecule has 21 heavy (non-hydrogen) atoms. The number of rotatable bonds is 4. The topological polar surface area (TPSA) is 32.6 Å². The predicted molar refractivity (Wildman–Crippen MR) is 93.8 cm³/mol. The molecule has 0 radical (unpaired) electrons. The number of fused-ring (bicyclic) bond motifs is 1. The van der Waals surface area contributed by atoms with Crippen LogP contribution in [0.4, 0.5) is 5.82 Å². The fourth-order valence-electron chi connectivity index (χ4n) is 2.74. The van der Waals surface area contributed by atoms with Crippen LogP contribution in [0.1, 0.15) is 33.4 Å². The molecule has 0 atom stereocenters. The molecule has 6 heteroatoms. The van der Waals surface area contributed by atoms with E-state index in [-0.39, 0.29) is 0 Å². The van der Waals surface area contributed by atoms with Crippen molar-refractivity contribution in [2.24, 2.45) is 0 Å². The van der Waals surface area contributed by atoms with Gasteiger partial charge in [-0.1, -0.05) is 13.8 Å². The summed E-state index contributed by atoms with van der Waals surface area (Å²) in [4.78, 5) is 8.46. The Morgan fingerprint density at radius 2 is 2.24 bits per heavy atom. The van der Waals surface area contributed by atoms with Gasteiger partial charge >= 0.3 is 0 Å². The monoisotopic (exact) mass is 324 g/mol. The van der Waals surface area contributed by atoms with Crippen LogP contribution >= 0.6 is 23.1 Å². The predicted octanol–water partition coefficient (Wildman–Crippen LogP) is 3.23. The second kappa shape index (κ2) is 5.82. The first-order chi connectivity index (χ1) is 9.96. The van der Waals surface area contributed by atoms with Crippen molar-refractivity contribution in [1.29, 1.82) is 0 Å². The number of nitrogens with zero attached hydrogens (tertiary/aromatic N) is 3. The normalized spacial score (nSPS) is 18.8. The summed E-state index contributed by atoms with van der Waals surface area (Å²) in [6, 6.07) is 0.482. The number of thiazole rings is 1. The highest BCUT2D eigenvalue weighted by Crippen LogP contribution is 2.34. The lowest BCUT2D eigenvalue weighted by atomic mass is 10.2. The van der Waals surface area contributed by atoms with Crippen LogP contribution in [-0.2, 0) is 6.54 Å². The highest BCUT2D eigenvalue weighted by molar-refractivity contribution is 8.00. The summed E-state index contributed by atoms with van der Waals surface area (Å²) in [6.07, 6.45) is 2.14. The van der Waals surface area contributed by atoms with Gasteiger partial charge in [0.15, 0.2) is 10.8 Å². The van der Waals surface area contributed by atoms with Crippen molar-refractivity contribution in [3.8, 4) is 0 Å². The van der Waals surface area contributed by atoms with Crippen LogP contribution in [0.3, 0.4) is 0 Å². The maximum atomic E-state index is 4.90. The third-order valence-corrected chi connectivity index (χ3v) is 5.80. The number of imidazole rings is 1. The molecule has 0 aliphatic carbocycles. The Morgan fingerprint density at radius 3 is 2.95 bits per heavy atom. The lowest BCUT2D eigenvalue weighted by Crippen LogP contribution is -2.44. The van der Waals surface area contributed by atoms with Gasteiger partial charge in [0.05, 0.1) is 5.69 Å². The molecule has 3 heterocycles. The number of thioether (sulfide) groups is 1. The average molecular weight is 325 g/mol. The van der Waals surface area contributed by atoms with Crippen molar-refractivity contribution in [2.75, 3.05) is 23.7 Å².